The number of rotatable bonds is 0. The van der Waals surface area contributed by atoms with E-state index in [-0.39, 0.29) is 0 Å². The summed E-state index contributed by atoms with van der Waals surface area (Å²) in [6.45, 7) is 0. The molecule has 92 valence electrons. The zero-order valence-corrected chi connectivity index (χ0v) is 15.1. The largest absolute Gasteiger partial charge is 0.0884 e. The summed E-state index contributed by atoms with van der Waals surface area (Å²) in [6.07, 6.45) is 0. The molecule has 0 N–H and O–H groups in total. The van der Waals surface area contributed by atoms with Gasteiger partial charge in [-0.05, 0) is 21.6 Å². The lowest BCUT2D eigenvalue weighted by Gasteiger charge is -2.02. The van der Waals surface area contributed by atoms with Gasteiger partial charge in [0.25, 0.3) is 0 Å². The van der Waals surface area contributed by atoms with Crippen molar-refractivity contribution < 1.29 is 0 Å². The van der Waals surface area contributed by atoms with Crippen molar-refractivity contribution in [2.75, 3.05) is 0 Å². The monoisotopic (exact) mass is 380 g/mol. The second kappa shape index (κ2) is 5.71. The minimum Gasteiger partial charge on any atom is -0.0884 e. The fraction of sp³-hybridized carbons (Fsp3) is 0. The maximum atomic E-state index is 2.18. The Balaban J connectivity index is 1.55. The molecule has 0 spiro atoms. The highest BCUT2D eigenvalue weighted by Crippen LogP contribution is 2.67. The SMILES string of the molecule is C1=CSC2=C(S1)SC(=C1SC3=C(SC=CS3)S1)S2. The average molecular weight is 381 g/mol. The predicted octanol–water partition coefficient (Wildman–Crippen LogP) is 7.23. The molecule has 0 aliphatic carbocycles. The van der Waals surface area contributed by atoms with Crippen molar-refractivity contribution in [2.24, 2.45) is 0 Å². The van der Waals surface area contributed by atoms with Crippen LogP contribution < -0.4 is 0 Å². The maximum Gasteiger partial charge on any atom is 0.0718 e. The maximum absolute atomic E-state index is 2.18. The quantitative estimate of drug-likeness (QED) is 0.426. The topological polar surface area (TPSA) is 0 Å². The smallest absolute Gasteiger partial charge is 0.0718 e. The summed E-state index contributed by atoms with van der Waals surface area (Å²) in [5.74, 6) is 0. The molecule has 0 amide bonds. The van der Waals surface area contributed by atoms with Gasteiger partial charge in [-0.3, -0.25) is 0 Å². The van der Waals surface area contributed by atoms with E-state index in [0.717, 1.165) is 0 Å². The molecule has 0 nitrogen and oxygen atoms in total. The van der Waals surface area contributed by atoms with Crippen LogP contribution in [0.25, 0.3) is 0 Å². The molecule has 4 aliphatic heterocycles. The third-order valence-electron chi connectivity index (χ3n) is 2.05. The summed E-state index contributed by atoms with van der Waals surface area (Å²) in [5, 5.41) is 8.72. The van der Waals surface area contributed by atoms with E-state index in [0.29, 0.717) is 0 Å². The van der Waals surface area contributed by atoms with Gasteiger partial charge in [-0.25, -0.2) is 0 Å². The average Bonchev–Trinajstić information content (AvgIpc) is 3.02. The summed E-state index contributed by atoms with van der Waals surface area (Å²) in [6, 6.07) is 0. The van der Waals surface area contributed by atoms with E-state index in [4.69, 9.17) is 0 Å². The molecule has 0 radical (unpaired) electrons. The molecule has 0 aromatic heterocycles. The van der Waals surface area contributed by atoms with Gasteiger partial charge < -0.3 is 0 Å². The van der Waals surface area contributed by atoms with E-state index in [2.05, 4.69) is 21.6 Å². The van der Waals surface area contributed by atoms with Crippen LogP contribution in [0.4, 0.5) is 0 Å². The Morgan fingerprint density at radius 3 is 0.944 bits per heavy atom. The van der Waals surface area contributed by atoms with E-state index in [1.165, 1.54) is 25.4 Å². The third-order valence-corrected chi connectivity index (χ3v) is 13.0. The van der Waals surface area contributed by atoms with Crippen LogP contribution in [0, 0.1) is 0 Å². The van der Waals surface area contributed by atoms with Crippen molar-refractivity contribution in [3.8, 4) is 0 Å². The van der Waals surface area contributed by atoms with Crippen molar-refractivity contribution in [3.05, 3.63) is 47.1 Å². The predicted molar refractivity (Wildman–Crippen MR) is 100 cm³/mol. The highest BCUT2D eigenvalue weighted by molar-refractivity contribution is 8.46. The molecule has 0 saturated heterocycles. The Morgan fingerprint density at radius 1 is 0.389 bits per heavy atom. The molecule has 0 fully saturated rings. The van der Waals surface area contributed by atoms with Crippen LogP contribution in [0.2, 0.25) is 0 Å². The molecule has 0 saturated carbocycles. The van der Waals surface area contributed by atoms with Gasteiger partial charge in [0, 0.05) is 0 Å². The minimum atomic E-state index is 1.46. The Bertz CT molecular complexity index is 470. The third kappa shape index (κ3) is 2.52. The molecule has 0 bridgehead atoms. The fourth-order valence-electron chi connectivity index (χ4n) is 1.36. The Morgan fingerprint density at radius 2 is 0.667 bits per heavy atom. The number of hydrogen-bond donors (Lipinski definition) is 0. The van der Waals surface area contributed by atoms with Crippen molar-refractivity contribution in [1.29, 1.82) is 0 Å². The van der Waals surface area contributed by atoms with Crippen LogP contribution in [-0.2, 0) is 0 Å². The van der Waals surface area contributed by atoms with Crippen LogP contribution in [0.3, 0.4) is 0 Å². The molecule has 0 atom stereocenters. The van der Waals surface area contributed by atoms with E-state index in [9.17, 15) is 0 Å². The van der Waals surface area contributed by atoms with Crippen LogP contribution >= 0.6 is 94.1 Å². The first-order valence-electron chi connectivity index (χ1n) is 4.81. The molecule has 0 aromatic rings. The zero-order chi connectivity index (χ0) is 11.9. The van der Waals surface area contributed by atoms with E-state index >= 15 is 0 Å². The van der Waals surface area contributed by atoms with Gasteiger partial charge in [0.2, 0.25) is 0 Å². The lowest BCUT2D eigenvalue weighted by Crippen LogP contribution is -1.68. The molecule has 0 aromatic carbocycles. The van der Waals surface area contributed by atoms with Crippen LogP contribution in [0.15, 0.2) is 47.1 Å². The Labute approximate surface area is 140 Å². The summed E-state index contributed by atoms with van der Waals surface area (Å²) in [4.78, 5) is 0. The van der Waals surface area contributed by atoms with E-state index < -0.39 is 0 Å². The number of thioether (sulfide) groups is 8. The normalized spacial score (nSPS) is 26.2. The van der Waals surface area contributed by atoms with Gasteiger partial charge in [-0.1, -0.05) is 94.1 Å². The first-order chi connectivity index (χ1) is 8.90. The first-order valence-corrected chi connectivity index (χ1v) is 11.6. The second-order valence-corrected chi connectivity index (χ2v) is 12.4. The summed E-state index contributed by atoms with van der Waals surface area (Å²) < 4.78 is 8.77. The molecule has 8 heteroatoms. The molecule has 0 unspecified atom stereocenters. The highest BCUT2D eigenvalue weighted by atomic mass is 32.3. The summed E-state index contributed by atoms with van der Waals surface area (Å²) in [5.41, 5.74) is 0. The fourth-order valence-corrected chi connectivity index (χ4v) is 12.0. The standard InChI is InChI=1S/C10H4S8/c1-2-12-6-5(11-1)15-9(16-6)10-17-7-8(18-10)14-4-3-13-7/h1-4H. The summed E-state index contributed by atoms with van der Waals surface area (Å²) >= 11 is 15.2. The Hall–Kier alpha value is 1.50. The van der Waals surface area contributed by atoms with Crippen molar-refractivity contribution in [1.82, 2.24) is 0 Å². The van der Waals surface area contributed by atoms with E-state index in [1.807, 2.05) is 94.1 Å². The molecular formula is C10H4S8. The second-order valence-electron chi connectivity index (χ2n) is 3.15. The Kier molecular flexibility index (Phi) is 4.18. The molecule has 4 rings (SSSR count). The summed E-state index contributed by atoms with van der Waals surface area (Å²) in [7, 11) is 0. The molecule has 18 heavy (non-hydrogen) atoms. The van der Waals surface area contributed by atoms with Gasteiger partial charge in [0.05, 0.1) is 25.4 Å². The highest BCUT2D eigenvalue weighted by Gasteiger charge is 2.31. The molecule has 4 heterocycles. The van der Waals surface area contributed by atoms with E-state index in [1.54, 1.807) is 0 Å². The van der Waals surface area contributed by atoms with Gasteiger partial charge in [-0.2, -0.15) is 0 Å². The van der Waals surface area contributed by atoms with Gasteiger partial charge >= 0.3 is 0 Å². The van der Waals surface area contributed by atoms with Crippen molar-refractivity contribution >= 4 is 94.1 Å². The first kappa shape index (κ1) is 13.2. The van der Waals surface area contributed by atoms with Crippen LogP contribution in [-0.4, -0.2) is 0 Å². The van der Waals surface area contributed by atoms with Crippen LogP contribution in [0.1, 0.15) is 0 Å². The lowest BCUT2D eigenvalue weighted by molar-refractivity contribution is 2.31. The minimum absolute atomic E-state index is 1.46. The molecule has 4 aliphatic rings. The van der Waals surface area contributed by atoms with Crippen LogP contribution in [0.5, 0.6) is 0 Å². The van der Waals surface area contributed by atoms with Gasteiger partial charge in [-0.15, -0.1) is 0 Å². The zero-order valence-electron chi connectivity index (χ0n) is 8.58. The van der Waals surface area contributed by atoms with Crippen molar-refractivity contribution in [3.63, 3.8) is 0 Å². The van der Waals surface area contributed by atoms with Gasteiger partial charge in [0.15, 0.2) is 0 Å². The van der Waals surface area contributed by atoms with Crippen molar-refractivity contribution in [2.45, 2.75) is 0 Å². The molecular weight excluding hydrogens is 377 g/mol. The van der Waals surface area contributed by atoms with Gasteiger partial charge in [0.1, 0.15) is 0 Å². The number of hydrogen-bond acceptors (Lipinski definition) is 8. The lowest BCUT2D eigenvalue weighted by atomic mass is 11.2.